The lowest BCUT2D eigenvalue weighted by atomic mass is 10.1. The minimum absolute atomic E-state index is 0.0167. The number of likely N-dealkylation sites (N-methyl/N-ethyl adjacent to an activating group) is 1. The molecule has 0 aliphatic carbocycles. The van der Waals surface area contributed by atoms with Gasteiger partial charge in [-0.3, -0.25) is 10.1 Å². The minimum Gasteiger partial charge on any atom is -0.321 e. The van der Waals surface area contributed by atoms with Crippen LogP contribution in [0.2, 0.25) is 0 Å². The molecule has 0 spiro atoms. The second kappa shape index (κ2) is 5.66. The Morgan fingerprint density at radius 2 is 1.76 bits per heavy atom. The first-order valence-electron chi connectivity index (χ1n) is 7.08. The van der Waals surface area contributed by atoms with Crippen molar-refractivity contribution < 1.29 is 9.18 Å². The largest absolute Gasteiger partial charge is 0.321 e. The summed E-state index contributed by atoms with van der Waals surface area (Å²) in [5.41, 5.74) is 1.41. The second-order valence-electron chi connectivity index (χ2n) is 5.06. The Balaban J connectivity index is 1.96. The maximum absolute atomic E-state index is 14.0. The minimum atomic E-state index is -0.422. The van der Waals surface area contributed by atoms with Crippen LogP contribution in [0.3, 0.4) is 0 Å². The molecule has 2 atom stereocenters. The van der Waals surface area contributed by atoms with Crippen LogP contribution in [0.4, 0.5) is 4.39 Å². The van der Waals surface area contributed by atoms with Crippen molar-refractivity contribution in [3.8, 4) is 0 Å². The Morgan fingerprint density at radius 3 is 2.43 bits per heavy atom. The summed E-state index contributed by atoms with van der Waals surface area (Å²) < 4.78 is 14.0. The smallest absolute Gasteiger partial charge is 0.245 e. The van der Waals surface area contributed by atoms with E-state index in [1.807, 2.05) is 37.3 Å². The number of carbonyl (C=O) groups excluding carboxylic acids is 1. The van der Waals surface area contributed by atoms with E-state index in [1.54, 1.807) is 23.1 Å². The highest BCUT2D eigenvalue weighted by molar-refractivity contribution is 5.85. The van der Waals surface area contributed by atoms with Crippen molar-refractivity contribution in [3.63, 3.8) is 0 Å². The van der Waals surface area contributed by atoms with E-state index in [-0.39, 0.29) is 11.7 Å². The Hall–Kier alpha value is -2.20. The lowest BCUT2D eigenvalue weighted by Crippen LogP contribution is -2.30. The molecular formula is C17H17FN2O. The summed E-state index contributed by atoms with van der Waals surface area (Å²) in [4.78, 5) is 14.2. The molecule has 1 saturated heterocycles. The van der Waals surface area contributed by atoms with Crippen molar-refractivity contribution in [2.24, 2.45) is 0 Å². The van der Waals surface area contributed by atoms with Gasteiger partial charge < -0.3 is 4.90 Å². The predicted octanol–water partition coefficient (Wildman–Crippen LogP) is 3.02. The van der Waals surface area contributed by atoms with Crippen LogP contribution in [0.1, 0.15) is 30.3 Å². The highest BCUT2D eigenvalue weighted by Gasteiger charge is 2.40. The van der Waals surface area contributed by atoms with Gasteiger partial charge in [0.25, 0.3) is 0 Å². The maximum atomic E-state index is 14.0. The molecule has 2 aromatic carbocycles. The summed E-state index contributed by atoms with van der Waals surface area (Å²) in [6.07, 6.45) is -0.422. The number of carbonyl (C=O) groups is 1. The number of benzene rings is 2. The van der Waals surface area contributed by atoms with E-state index >= 15 is 0 Å². The van der Waals surface area contributed by atoms with Crippen LogP contribution in [-0.4, -0.2) is 17.4 Å². The molecule has 1 aliphatic heterocycles. The molecule has 1 N–H and O–H groups in total. The molecule has 1 heterocycles. The van der Waals surface area contributed by atoms with Crippen LogP contribution in [0.5, 0.6) is 0 Å². The van der Waals surface area contributed by atoms with Crippen LogP contribution >= 0.6 is 0 Å². The third-order valence-corrected chi connectivity index (χ3v) is 3.84. The number of hydrogen-bond acceptors (Lipinski definition) is 2. The van der Waals surface area contributed by atoms with Gasteiger partial charge in [0, 0.05) is 12.1 Å². The molecule has 0 bridgehead atoms. The van der Waals surface area contributed by atoms with E-state index in [9.17, 15) is 9.18 Å². The quantitative estimate of drug-likeness (QED) is 0.939. The van der Waals surface area contributed by atoms with Gasteiger partial charge in [-0.2, -0.15) is 0 Å². The van der Waals surface area contributed by atoms with E-state index in [2.05, 4.69) is 5.32 Å². The molecule has 108 valence electrons. The molecule has 0 radical (unpaired) electrons. The molecule has 1 aliphatic rings. The first-order chi connectivity index (χ1) is 10.2. The fraction of sp³-hybridized carbons (Fsp3) is 0.235. The molecular weight excluding hydrogens is 267 g/mol. The Bertz CT molecular complexity index is 644. The number of nitrogens with one attached hydrogen (secondary N) is 1. The molecule has 0 saturated carbocycles. The monoisotopic (exact) mass is 284 g/mol. The summed E-state index contributed by atoms with van der Waals surface area (Å²) in [7, 11) is 0. The van der Waals surface area contributed by atoms with Gasteiger partial charge in [-0.25, -0.2) is 4.39 Å². The third-order valence-electron chi connectivity index (χ3n) is 3.84. The zero-order chi connectivity index (χ0) is 14.8. The van der Waals surface area contributed by atoms with Crippen molar-refractivity contribution in [1.82, 2.24) is 10.2 Å². The summed E-state index contributed by atoms with van der Waals surface area (Å²) in [5.74, 6) is -0.313. The Morgan fingerprint density at radius 1 is 1.10 bits per heavy atom. The molecule has 3 nitrogen and oxygen atoms in total. The summed E-state index contributed by atoms with van der Waals surface area (Å²) >= 11 is 0. The van der Waals surface area contributed by atoms with E-state index < -0.39 is 12.2 Å². The Kier molecular flexibility index (Phi) is 3.71. The average Bonchev–Trinajstić information content (AvgIpc) is 2.85. The first-order valence-corrected chi connectivity index (χ1v) is 7.08. The molecule has 4 heteroatoms. The van der Waals surface area contributed by atoms with Crippen LogP contribution in [-0.2, 0) is 4.79 Å². The van der Waals surface area contributed by atoms with Crippen LogP contribution < -0.4 is 5.32 Å². The van der Waals surface area contributed by atoms with Gasteiger partial charge in [-0.05, 0) is 18.6 Å². The van der Waals surface area contributed by atoms with Crippen LogP contribution in [0, 0.1) is 5.82 Å². The standard InChI is InChI=1S/C17H17FN2O/c1-2-20-16(13-10-6-7-11-14(13)18)19-15(17(20)21)12-8-4-3-5-9-12/h3-11,15-16,19H,2H2,1H3. The van der Waals surface area contributed by atoms with Gasteiger partial charge in [-0.15, -0.1) is 0 Å². The highest BCUT2D eigenvalue weighted by atomic mass is 19.1. The van der Waals surface area contributed by atoms with Gasteiger partial charge >= 0.3 is 0 Å². The number of halogens is 1. The van der Waals surface area contributed by atoms with E-state index in [4.69, 9.17) is 0 Å². The highest BCUT2D eigenvalue weighted by Crippen LogP contribution is 2.33. The number of rotatable bonds is 3. The SMILES string of the molecule is CCN1C(=O)C(c2ccccc2)NC1c1ccccc1F. The van der Waals surface area contributed by atoms with Crippen LogP contribution in [0.25, 0.3) is 0 Å². The number of nitrogens with zero attached hydrogens (tertiary/aromatic N) is 1. The number of amides is 1. The summed E-state index contributed by atoms with van der Waals surface area (Å²) in [6.45, 7) is 2.44. The van der Waals surface area contributed by atoms with Gasteiger partial charge in [0.15, 0.2) is 0 Å². The van der Waals surface area contributed by atoms with Gasteiger partial charge in [0.1, 0.15) is 18.0 Å². The van der Waals surface area contributed by atoms with E-state index in [0.29, 0.717) is 12.1 Å². The van der Waals surface area contributed by atoms with Gasteiger partial charge in [0.05, 0.1) is 0 Å². The average molecular weight is 284 g/mol. The molecule has 2 aromatic rings. The zero-order valence-corrected chi connectivity index (χ0v) is 11.8. The molecule has 3 rings (SSSR count). The van der Waals surface area contributed by atoms with E-state index in [0.717, 1.165) is 5.56 Å². The zero-order valence-electron chi connectivity index (χ0n) is 11.8. The fourth-order valence-electron chi connectivity index (χ4n) is 2.79. The third kappa shape index (κ3) is 2.43. The van der Waals surface area contributed by atoms with Crippen molar-refractivity contribution in [3.05, 3.63) is 71.5 Å². The van der Waals surface area contributed by atoms with Crippen molar-refractivity contribution in [2.75, 3.05) is 6.54 Å². The van der Waals surface area contributed by atoms with E-state index in [1.165, 1.54) is 6.07 Å². The normalized spacial score (nSPS) is 21.8. The summed E-state index contributed by atoms with van der Waals surface area (Å²) in [5, 5.41) is 3.25. The summed E-state index contributed by atoms with van der Waals surface area (Å²) in [6, 6.07) is 15.7. The fourth-order valence-corrected chi connectivity index (χ4v) is 2.79. The maximum Gasteiger partial charge on any atom is 0.245 e. The molecule has 1 amide bonds. The molecule has 1 fully saturated rings. The predicted molar refractivity (Wildman–Crippen MR) is 78.8 cm³/mol. The second-order valence-corrected chi connectivity index (χ2v) is 5.06. The Labute approximate surface area is 123 Å². The molecule has 0 aromatic heterocycles. The lowest BCUT2D eigenvalue weighted by molar-refractivity contribution is -0.130. The van der Waals surface area contributed by atoms with Crippen LogP contribution in [0.15, 0.2) is 54.6 Å². The van der Waals surface area contributed by atoms with Gasteiger partial charge in [-0.1, -0.05) is 48.5 Å². The van der Waals surface area contributed by atoms with Crippen molar-refractivity contribution in [1.29, 1.82) is 0 Å². The number of hydrogen-bond donors (Lipinski definition) is 1. The molecule has 21 heavy (non-hydrogen) atoms. The first kappa shape index (κ1) is 13.8. The van der Waals surface area contributed by atoms with Gasteiger partial charge in [0.2, 0.25) is 5.91 Å². The van der Waals surface area contributed by atoms with Crippen molar-refractivity contribution >= 4 is 5.91 Å². The topological polar surface area (TPSA) is 32.3 Å². The lowest BCUT2D eigenvalue weighted by Gasteiger charge is -2.23. The van der Waals surface area contributed by atoms with Crippen molar-refractivity contribution in [2.45, 2.75) is 19.1 Å². The molecule has 2 unspecified atom stereocenters.